The second-order valence-electron chi connectivity index (χ2n) is 3.44. The zero-order valence-electron chi connectivity index (χ0n) is 9.28. The molecule has 7 heteroatoms. The number of nitrogens with two attached hydrogens (primary N) is 1. The van der Waals surface area contributed by atoms with E-state index >= 15 is 0 Å². The molecular weight excluding hydrogens is 245 g/mol. The van der Waals surface area contributed by atoms with Gasteiger partial charge in [0.15, 0.2) is 5.66 Å². The molecule has 0 spiro atoms. The van der Waals surface area contributed by atoms with Gasteiger partial charge in [-0.1, -0.05) is 30.3 Å². The second-order valence-corrected chi connectivity index (χ2v) is 5.55. The van der Waals surface area contributed by atoms with Crippen molar-refractivity contribution >= 4 is 13.6 Å². The molecule has 6 nitrogen and oxygen atoms in total. The molecule has 1 aromatic rings. The maximum Gasteiger partial charge on any atom is 0.358 e. The quantitative estimate of drug-likeness (QED) is 0.468. The second kappa shape index (κ2) is 5.93. The van der Waals surface area contributed by atoms with E-state index in [0.717, 1.165) is 5.56 Å². The van der Waals surface area contributed by atoms with Crippen LogP contribution < -0.4 is 5.90 Å². The molecule has 0 aromatic heterocycles. The molecule has 0 aliphatic rings. The SMILES string of the molecule is CC(C(=O)OCc1ccccc1)P(=O)(O)ON. The molecule has 0 aliphatic heterocycles. The van der Waals surface area contributed by atoms with Gasteiger partial charge in [-0.3, -0.25) is 9.36 Å². The van der Waals surface area contributed by atoms with Gasteiger partial charge in [-0.05, 0) is 12.5 Å². The lowest BCUT2D eigenvalue weighted by atomic mass is 10.2. The van der Waals surface area contributed by atoms with Crippen LogP contribution in [0.15, 0.2) is 30.3 Å². The Bertz CT molecular complexity index is 422. The summed E-state index contributed by atoms with van der Waals surface area (Å²) < 4.78 is 20.0. The van der Waals surface area contributed by atoms with Crippen LogP contribution in [0.25, 0.3) is 0 Å². The molecule has 0 heterocycles. The number of carbonyl (C=O) groups excluding carboxylic acids is 1. The summed E-state index contributed by atoms with van der Waals surface area (Å²) in [7, 11) is -4.14. The van der Waals surface area contributed by atoms with E-state index in [-0.39, 0.29) is 6.61 Å². The Morgan fingerprint density at radius 1 is 1.47 bits per heavy atom. The summed E-state index contributed by atoms with van der Waals surface area (Å²) in [5, 5.41) is 0. The molecule has 0 radical (unpaired) electrons. The van der Waals surface area contributed by atoms with E-state index in [1.54, 1.807) is 24.3 Å². The molecular formula is C10H14NO5P. The molecule has 1 aromatic carbocycles. The van der Waals surface area contributed by atoms with Crippen LogP contribution in [0.3, 0.4) is 0 Å². The fourth-order valence-corrected chi connectivity index (χ4v) is 1.60. The molecule has 0 saturated heterocycles. The number of ether oxygens (including phenoxy) is 1. The number of hydrogen-bond donors (Lipinski definition) is 2. The molecule has 0 fully saturated rings. The fraction of sp³-hybridized carbons (Fsp3) is 0.300. The molecule has 0 aliphatic carbocycles. The smallest absolute Gasteiger partial charge is 0.358 e. The zero-order chi connectivity index (χ0) is 12.9. The van der Waals surface area contributed by atoms with Crippen molar-refractivity contribution in [2.75, 3.05) is 0 Å². The number of hydrogen-bond acceptors (Lipinski definition) is 5. The van der Waals surface area contributed by atoms with E-state index in [0.29, 0.717) is 0 Å². The van der Waals surface area contributed by atoms with Crippen LogP contribution >= 0.6 is 7.60 Å². The Morgan fingerprint density at radius 3 is 2.59 bits per heavy atom. The first-order valence-electron chi connectivity index (χ1n) is 4.89. The molecule has 2 unspecified atom stereocenters. The van der Waals surface area contributed by atoms with E-state index in [9.17, 15) is 9.36 Å². The third kappa shape index (κ3) is 3.94. The number of esters is 1. The predicted octanol–water partition coefficient (Wildman–Crippen LogP) is 1.19. The predicted molar refractivity (Wildman–Crippen MR) is 60.8 cm³/mol. The Hall–Kier alpha value is -1.20. The van der Waals surface area contributed by atoms with Gasteiger partial charge in [-0.15, -0.1) is 0 Å². The van der Waals surface area contributed by atoms with E-state index < -0.39 is 19.2 Å². The highest BCUT2D eigenvalue weighted by Crippen LogP contribution is 2.45. The summed E-state index contributed by atoms with van der Waals surface area (Å²) in [6, 6.07) is 8.98. The van der Waals surface area contributed by atoms with Crippen molar-refractivity contribution in [3.05, 3.63) is 35.9 Å². The van der Waals surface area contributed by atoms with Crippen LogP contribution in [0.2, 0.25) is 0 Å². The van der Waals surface area contributed by atoms with Gasteiger partial charge in [0.1, 0.15) is 6.61 Å². The maximum absolute atomic E-state index is 11.4. The topological polar surface area (TPSA) is 98.9 Å². The van der Waals surface area contributed by atoms with Crippen LogP contribution in [-0.4, -0.2) is 16.5 Å². The minimum atomic E-state index is -4.14. The van der Waals surface area contributed by atoms with Gasteiger partial charge in [0, 0.05) is 0 Å². The van der Waals surface area contributed by atoms with E-state index in [1.807, 2.05) is 6.07 Å². The molecule has 1 rings (SSSR count). The van der Waals surface area contributed by atoms with E-state index in [4.69, 9.17) is 9.63 Å². The van der Waals surface area contributed by atoms with Crippen LogP contribution in [-0.2, 0) is 25.3 Å². The Labute approximate surface area is 98.8 Å². The van der Waals surface area contributed by atoms with Gasteiger partial charge in [-0.2, -0.15) is 0 Å². The summed E-state index contributed by atoms with van der Waals surface area (Å²) in [6.07, 6.45) is 0. The minimum absolute atomic E-state index is 0.0363. The summed E-state index contributed by atoms with van der Waals surface area (Å²) in [5.41, 5.74) is -0.522. The first-order chi connectivity index (χ1) is 7.97. The van der Waals surface area contributed by atoms with Crippen LogP contribution in [0.4, 0.5) is 0 Å². The van der Waals surface area contributed by atoms with Gasteiger partial charge in [0.2, 0.25) is 0 Å². The number of benzene rings is 1. The average Bonchev–Trinajstić information content (AvgIpc) is 2.36. The van der Waals surface area contributed by atoms with Gasteiger partial charge in [0.05, 0.1) is 0 Å². The minimum Gasteiger partial charge on any atom is -0.460 e. The standard InChI is InChI=1S/C10H14NO5P/c1-8(17(13,14)16-11)10(12)15-7-9-5-3-2-4-6-9/h2-6,8H,7,11H2,1H3,(H,13,14). The van der Waals surface area contributed by atoms with Crippen molar-refractivity contribution in [1.82, 2.24) is 0 Å². The number of rotatable bonds is 5. The van der Waals surface area contributed by atoms with Crippen molar-refractivity contribution in [3.8, 4) is 0 Å². The van der Waals surface area contributed by atoms with Gasteiger partial charge in [-0.25, -0.2) is 10.5 Å². The Kier molecular flexibility index (Phi) is 4.84. The van der Waals surface area contributed by atoms with Crippen LogP contribution in [0, 0.1) is 0 Å². The highest BCUT2D eigenvalue weighted by molar-refractivity contribution is 7.54. The number of carbonyl (C=O) groups is 1. The highest BCUT2D eigenvalue weighted by atomic mass is 31.2. The maximum atomic E-state index is 11.4. The summed E-state index contributed by atoms with van der Waals surface area (Å²) >= 11 is 0. The zero-order valence-corrected chi connectivity index (χ0v) is 10.2. The van der Waals surface area contributed by atoms with Crippen molar-refractivity contribution < 1.29 is 23.6 Å². The van der Waals surface area contributed by atoms with Crippen molar-refractivity contribution in [1.29, 1.82) is 0 Å². The molecule has 17 heavy (non-hydrogen) atoms. The third-order valence-corrected chi connectivity index (χ3v) is 3.70. The molecule has 3 N–H and O–H groups in total. The van der Waals surface area contributed by atoms with Crippen LogP contribution in [0.1, 0.15) is 12.5 Å². The molecule has 2 atom stereocenters. The highest BCUT2D eigenvalue weighted by Gasteiger charge is 2.35. The lowest BCUT2D eigenvalue weighted by Gasteiger charge is -2.15. The first kappa shape index (κ1) is 13.9. The summed E-state index contributed by atoms with van der Waals surface area (Å²) in [6.45, 7) is 1.26. The largest absolute Gasteiger partial charge is 0.460 e. The Morgan fingerprint density at radius 2 is 2.06 bits per heavy atom. The molecule has 0 bridgehead atoms. The average molecular weight is 259 g/mol. The normalized spacial score (nSPS) is 15.9. The lowest BCUT2D eigenvalue weighted by Crippen LogP contribution is -2.22. The molecule has 0 amide bonds. The fourth-order valence-electron chi connectivity index (χ4n) is 1.07. The lowest BCUT2D eigenvalue weighted by molar-refractivity contribution is -0.144. The summed E-state index contributed by atoms with van der Waals surface area (Å²) in [4.78, 5) is 20.6. The molecule has 94 valence electrons. The van der Waals surface area contributed by atoms with Gasteiger partial charge >= 0.3 is 13.6 Å². The summed E-state index contributed by atoms with van der Waals surface area (Å²) in [5.74, 6) is 3.80. The van der Waals surface area contributed by atoms with Crippen molar-refractivity contribution in [2.45, 2.75) is 19.2 Å². The first-order valence-corrected chi connectivity index (χ1v) is 6.53. The van der Waals surface area contributed by atoms with E-state index in [2.05, 4.69) is 10.5 Å². The third-order valence-electron chi connectivity index (χ3n) is 2.21. The van der Waals surface area contributed by atoms with Gasteiger partial charge in [0.25, 0.3) is 0 Å². The Balaban J connectivity index is 2.54. The molecule has 0 saturated carbocycles. The van der Waals surface area contributed by atoms with Gasteiger partial charge < -0.3 is 9.63 Å². The van der Waals surface area contributed by atoms with Crippen LogP contribution in [0.5, 0.6) is 0 Å². The van der Waals surface area contributed by atoms with Crippen molar-refractivity contribution in [3.63, 3.8) is 0 Å². The monoisotopic (exact) mass is 259 g/mol. The van der Waals surface area contributed by atoms with E-state index in [1.165, 1.54) is 6.92 Å². The van der Waals surface area contributed by atoms with Crippen molar-refractivity contribution in [2.24, 2.45) is 5.90 Å².